The van der Waals surface area contributed by atoms with Crippen molar-refractivity contribution in [1.82, 2.24) is 5.32 Å². The Balaban J connectivity index is 1.92. The number of aryl methyl sites for hydroxylation is 1. The number of anilines is 1. The van der Waals surface area contributed by atoms with Crippen LogP contribution >= 0.6 is 12.2 Å². The van der Waals surface area contributed by atoms with Gasteiger partial charge in [0, 0.05) is 12.1 Å². The fourth-order valence-electron chi connectivity index (χ4n) is 1.92. The number of nitro groups is 1. The standard InChI is InChI=1S/C16H15N3O5S/c1-10-4-2-3-5-14(10)24-9-15(21)18-16(25)17-12-8-11(19(22)23)6-7-13(12)20/h2-8,20H,9H2,1H3,(H2,17,18,21,25). The van der Waals surface area contributed by atoms with Crippen LogP contribution in [-0.2, 0) is 4.79 Å². The summed E-state index contributed by atoms with van der Waals surface area (Å²) in [5.74, 6) is -0.170. The van der Waals surface area contributed by atoms with Gasteiger partial charge in [0.05, 0.1) is 10.6 Å². The molecule has 0 aliphatic heterocycles. The van der Waals surface area contributed by atoms with Gasteiger partial charge in [-0.2, -0.15) is 0 Å². The number of hydrogen-bond donors (Lipinski definition) is 3. The summed E-state index contributed by atoms with van der Waals surface area (Å²) in [4.78, 5) is 22.0. The van der Waals surface area contributed by atoms with Crippen molar-refractivity contribution in [2.24, 2.45) is 0 Å². The molecule has 0 unspecified atom stereocenters. The van der Waals surface area contributed by atoms with E-state index in [4.69, 9.17) is 17.0 Å². The number of aromatic hydroxyl groups is 1. The Morgan fingerprint density at radius 2 is 2.04 bits per heavy atom. The molecule has 2 aromatic carbocycles. The first-order chi connectivity index (χ1) is 11.9. The SMILES string of the molecule is Cc1ccccc1OCC(=O)NC(=S)Nc1cc([N+](=O)[O-])ccc1O. The maximum absolute atomic E-state index is 11.9. The van der Waals surface area contributed by atoms with Gasteiger partial charge < -0.3 is 15.2 Å². The van der Waals surface area contributed by atoms with Crippen molar-refractivity contribution in [3.63, 3.8) is 0 Å². The lowest BCUT2D eigenvalue weighted by Crippen LogP contribution is -2.37. The number of nitro benzene ring substituents is 1. The van der Waals surface area contributed by atoms with Crippen LogP contribution < -0.4 is 15.4 Å². The molecule has 0 bridgehead atoms. The van der Waals surface area contributed by atoms with E-state index in [1.165, 1.54) is 0 Å². The van der Waals surface area contributed by atoms with Crippen LogP contribution in [0.15, 0.2) is 42.5 Å². The summed E-state index contributed by atoms with van der Waals surface area (Å²) in [6, 6.07) is 10.6. The number of rotatable bonds is 5. The number of phenols is 1. The van der Waals surface area contributed by atoms with Crippen LogP contribution in [0.3, 0.4) is 0 Å². The molecule has 0 atom stereocenters. The largest absolute Gasteiger partial charge is 0.506 e. The van der Waals surface area contributed by atoms with Crippen LogP contribution in [0.4, 0.5) is 11.4 Å². The third kappa shape index (κ3) is 5.15. The third-order valence-corrected chi connectivity index (χ3v) is 3.35. The van der Waals surface area contributed by atoms with E-state index in [1.54, 1.807) is 12.1 Å². The molecule has 2 rings (SSSR count). The molecular weight excluding hydrogens is 346 g/mol. The molecule has 0 saturated heterocycles. The highest BCUT2D eigenvalue weighted by Gasteiger charge is 2.13. The molecular formula is C16H15N3O5S. The van der Waals surface area contributed by atoms with Crippen LogP contribution in [0.1, 0.15) is 5.56 Å². The van der Waals surface area contributed by atoms with Gasteiger partial charge in [-0.15, -0.1) is 0 Å². The minimum absolute atomic E-state index is 0.0133. The van der Waals surface area contributed by atoms with Gasteiger partial charge in [-0.1, -0.05) is 18.2 Å². The predicted molar refractivity (Wildman–Crippen MR) is 95.8 cm³/mol. The Bertz CT molecular complexity index is 825. The normalized spacial score (nSPS) is 9.96. The number of phenolic OH excluding ortho intramolecular Hbond substituents is 1. The molecule has 0 heterocycles. The average molecular weight is 361 g/mol. The van der Waals surface area contributed by atoms with Crippen LogP contribution in [0, 0.1) is 17.0 Å². The molecule has 2 aromatic rings. The van der Waals surface area contributed by atoms with Crippen molar-refractivity contribution in [3.8, 4) is 11.5 Å². The number of thiocarbonyl (C=S) groups is 1. The highest BCUT2D eigenvalue weighted by atomic mass is 32.1. The van der Waals surface area contributed by atoms with Crippen molar-refractivity contribution in [2.45, 2.75) is 6.92 Å². The Kier molecular flexibility index (Phi) is 5.85. The number of nitrogens with one attached hydrogen (secondary N) is 2. The number of ether oxygens (including phenoxy) is 1. The quantitative estimate of drug-likeness (QED) is 0.324. The molecule has 25 heavy (non-hydrogen) atoms. The molecule has 0 spiro atoms. The van der Waals surface area contributed by atoms with E-state index in [2.05, 4.69) is 10.6 Å². The third-order valence-electron chi connectivity index (χ3n) is 3.14. The summed E-state index contributed by atoms with van der Waals surface area (Å²) < 4.78 is 5.39. The Morgan fingerprint density at radius 1 is 1.32 bits per heavy atom. The fourth-order valence-corrected chi connectivity index (χ4v) is 2.14. The van der Waals surface area contributed by atoms with Crippen molar-refractivity contribution in [1.29, 1.82) is 0 Å². The molecule has 0 aromatic heterocycles. The van der Waals surface area contributed by atoms with Gasteiger partial charge in [-0.3, -0.25) is 20.2 Å². The summed E-state index contributed by atoms with van der Waals surface area (Å²) in [5, 5.41) is 25.2. The van der Waals surface area contributed by atoms with Gasteiger partial charge in [-0.25, -0.2) is 0 Å². The lowest BCUT2D eigenvalue weighted by Gasteiger charge is -2.12. The molecule has 0 aliphatic rings. The van der Waals surface area contributed by atoms with Crippen LogP contribution in [-0.4, -0.2) is 27.7 Å². The average Bonchev–Trinajstić information content (AvgIpc) is 2.55. The van der Waals surface area contributed by atoms with E-state index in [0.29, 0.717) is 5.75 Å². The van der Waals surface area contributed by atoms with E-state index in [-0.39, 0.29) is 28.8 Å². The van der Waals surface area contributed by atoms with Gasteiger partial charge in [0.2, 0.25) is 0 Å². The molecule has 9 heteroatoms. The highest BCUT2D eigenvalue weighted by molar-refractivity contribution is 7.80. The minimum Gasteiger partial charge on any atom is -0.506 e. The second-order valence-corrected chi connectivity index (χ2v) is 5.42. The van der Waals surface area contributed by atoms with Crippen molar-refractivity contribution >= 4 is 34.6 Å². The van der Waals surface area contributed by atoms with Crippen LogP contribution in [0.2, 0.25) is 0 Å². The number of nitrogens with zero attached hydrogens (tertiary/aromatic N) is 1. The molecule has 8 nitrogen and oxygen atoms in total. The highest BCUT2D eigenvalue weighted by Crippen LogP contribution is 2.27. The number of benzene rings is 2. The first-order valence-electron chi connectivity index (χ1n) is 7.13. The first kappa shape index (κ1) is 18.1. The summed E-state index contributed by atoms with van der Waals surface area (Å²) >= 11 is 4.96. The van der Waals surface area contributed by atoms with Gasteiger partial charge in [0.1, 0.15) is 11.5 Å². The summed E-state index contributed by atoms with van der Waals surface area (Å²) in [5.41, 5.74) is 0.675. The maximum atomic E-state index is 11.9. The van der Waals surface area contributed by atoms with Crippen molar-refractivity contribution in [2.75, 3.05) is 11.9 Å². The Morgan fingerprint density at radius 3 is 2.72 bits per heavy atom. The monoisotopic (exact) mass is 361 g/mol. The molecule has 1 amide bonds. The van der Waals surface area contributed by atoms with E-state index >= 15 is 0 Å². The molecule has 0 saturated carbocycles. The summed E-state index contributed by atoms with van der Waals surface area (Å²) in [7, 11) is 0. The lowest BCUT2D eigenvalue weighted by molar-refractivity contribution is -0.384. The topological polar surface area (TPSA) is 114 Å². The number of carbonyl (C=O) groups excluding carboxylic acids is 1. The Hall–Kier alpha value is -3.20. The molecule has 0 fully saturated rings. The van der Waals surface area contributed by atoms with Gasteiger partial charge in [0.15, 0.2) is 11.7 Å². The van der Waals surface area contributed by atoms with E-state index < -0.39 is 10.8 Å². The maximum Gasteiger partial charge on any atom is 0.271 e. The predicted octanol–water partition coefficient (Wildman–Crippen LogP) is 2.50. The number of amides is 1. The van der Waals surface area contributed by atoms with E-state index in [0.717, 1.165) is 23.8 Å². The number of para-hydroxylation sites is 1. The molecule has 0 aliphatic carbocycles. The molecule has 3 N–H and O–H groups in total. The first-order valence-corrected chi connectivity index (χ1v) is 7.54. The molecule has 130 valence electrons. The van der Waals surface area contributed by atoms with Crippen molar-refractivity contribution < 1.29 is 19.6 Å². The summed E-state index contributed by atoms with van der Waals surface area (Å²) in [6.45, 7) is 1.60. The van der Waals surface area contributed by atoms with Crippen LogP contribution in [0.5, 0.6) is 11.5 Å². The van der Waals surface area contributed by atoms with Gasteiger partial charge in [0.25, 0.3) is 11.6 Å². The zero-order chi connectivity index (χ0) is 18.4. The van der Waals surface area contributed by atoms with Gasteiger partial charge in [-0.05, 0) is 36.8 Å². The second kappa shape index (κ2) is 8.06. The summed E-state index contributed by atoms with van der Waals surface area (Å²) in [6.07, 6.45) is 0. The minimum atomic E-state index is -0.609. The van der Waals surface area contributed by atoms with Crippen LogP contribution in [0.25, 0.3) is 0 Å². The van der Waals surface area contributed by atoms with Crippen molar-refractivity contribution in [3.05, 3.63) is 58.1 Å². The van der Waals surface area contributed by atoms with E-state index in [9.17, 15) is 20.0 Å². The number of carbonyl (C=O) groups is 1. The van der Waals surface area contributed by atoms with E-state index in [1.807, 2.05) is 19.1 Å². The Labute approximate surface area is 148 Å². The number of hydrogen-bond acceptors (Lipinski definition) is 6. The smallest absolute Gasteiger partial charge is 0.271 e. The van der Waals surface area contributed by atoms with Gasteiger partial charge >= 0.3 is 0 Å². The zero-order valence-electron chi connectivity index (χ0n) is 13.2. The number of non-ortho nitro benzene ring substituents is 1. The zero-order valence-corrected chi connectivity index (χ0v) is 14.0. The molecule has 0 radical (unpaired) electrons. The second-order valence-electron chi connectivity index (χ2n) is 5.02. The lowest BCUT2D eigenvalue weighted by atomic mass is 10.2. The fraction of sp³-hybridized carbons (Fsp3) is 0.125.